The third kappa shape index (κ3) is 2.46. The van der Waals surface area contributed by atoms with Crippen LogP contribution in [0.25, 0.3) is 0 Å². The molecule has 122 valence electrons. The SMILES string of the molecule is CC1(c2ccccc2)C(=CI)OC(C2CCCC2)=[N+]1C1CCC1. The average molecular weight is 422 g/mol. The van der Waals surface area contributed by atoms with Crippen molar-refractivity contribution in [2.24, 2.45) is 5.92 Å². The highest BCUT2D eigenvalue weighted by molar-refractivity contribution is 14.1. The molecule has 1 aliphatic heterocycles. The summed E-state index contributed by atoms with van der Waals surface area (Å²) in [7, 11) is 0. The lowest BCUT2D eigenvalue weighted by molar-refractivity contribution is -0.642. The maximum Gasteiger partial charge on any atom is 0.346 e. The molecule has 1 unspecified atom stereocenters. The van der Waals surface area contributed by atoms with Crippen LogP contribution >= 0.6 is 22.6 Å². The van der Waals surface area contributed by atoms with Crippen LogP contribution in [0.15, 0.2) is 40.2 Å². The normalized spacial score (nSPS) is 30.8. The summed E-state index contributed by atoms with van der Waals surface area (Å²) in [5, 5.41) is 0. The molecule has 3 heteroatoms. The molecule has 3 aliphatic rings. The van der Waals surface area contributed by atoms with Gasteiger partial charge in [-0.1, -0.05) is 43.2 Å². The van der Waals surface area contributed by atoms with E-state index in [0.717, 1.165) is 5.76 Å². The maximum atomic E-state index is 6.53. The van der Waals surface area contributed by atoms with Crippen LogP contribution in [-0.4, -0.2) is 16.5 Å². The Morgan fingerprint density at radius 2 is 1.78 bits per heavy atom. The fourth-order valence-corrected chi connectivity index (χ4v) is 5.15. The Morgan fingerprint density at radius 3 is 2.35 bits per heavy atom. The number of rotatable bonds is 3. The molecule has 0 amide bonds. The van der Waals surface area contributed by atoms with Gasteiger partial charge in [-0.05, 0) is 41.9 Å². The van der Waals surface area contributed by atoms with Gasteiger partial charge in [-0.2, -0.15) is 4.58 Å². The molecule has 0 saturated heterocycles. The molecule has 2 aliphatic carbocycles. The minimum absolute atomic E-state index is 0.147. The Morgan fingerprint density at radius 1 is 1.09 bits per heavy atom. The molecule has 1 aromatic carbocycles. The van der Waals surface area contributed by atoms with Crippen molar-refractivity contribution < 1.29 is 9.31 Å². The van der Waals surface area contributed by atoms with Crippen molar-refractivity contribution in [3.63, 3.8) is 0 Å². The molecule has 23 heavy (non-hydrogen) atoms. The van der Waals surface area contributed by atoms with Gasteiger partial charge in [0.15, 0.2) is 11.8 Å². The van der Waals surface area contributed by atoms with Crippen LogP contribution < -0.4 is 0 Å². The van der Waals surface area contributed by atoms with Crippen LogP contribution in [0.2, 0.25) is 0 Å². The quantitative estimate of drug-likeness (QED) is 0.472. The highest BCUT2D eigenvalue weighted by atomic mass is 127. The second kappa shape index (κ2) is 6.23. The van der Waals surface area contributed by atoms with E-state index in [4.69, 9.17) is 4.74 Å². The Bertz CT molecular complexity index is 641. The number of ether oxygens (including phenoxy) is 1. The molecule has 0 radical (unpaired) electrons. The molecule has 4 rings (SSSR count). The first-order valence-electron chi connectivity index (χ1n) is 8.95. The molecule has 1 atom stereocenters. The maximum absolute atomic E-state index is 6.53. The van der Waals surface area contributed by atoms with E-state index in [1.807, 2.05) is 0 Å². The predicted octanol–water partition coefficient (Wildman–Crippen LogP) is 5.36. The Balaban J connectivity index is 1.86. The van der Waals surface area contributed by atoms with Crippen LogP contribution in [0.4, 0.5) is 0 Å². The lowest BCUT2D eigenvalue weighted by Crippen LogP contribution is -2.46. The molecule has 1 heterocycles. The van der Waals surface area contributed by atoms with Crippen LogP contribution in [0.1, 0.15) is 57.4 Å². The summed E-state index contributed by atoms with van der Waals surface area (Å²) in [6.45, 7) is 2.35. The van der Waals surface area contributed by atoms with Gasteiger partial charge in [0.05, 0.1) is 5.92 Å². The van der Waals surface area contributed by atoms with Crippen molar-refractivity contribution in [1.29, 1.82) is 0 Å². The first kappa shape index (κ1) is 15.7. The van der Waals surface area contributed by atoms with Gasteiger partial charge in [0.25, 0.3) is 0 Å². The van der Waals surface area contributed by atoms with Crippen molar-refractivity contribution in [3.8, 4) is 0 Å². The number of nitrogens with zero attached hydrogens (tertiary/aromatic N) is 1. The van der Waals surface area contributed by atoms with Crippen molar-refractivity contribution in [2.75, 3.05) is 0 Å². The van der Waals surface area contributed by atoms with Gasteiger partial charge >= 0.3 is 5.90 Å². The van der Waals surface area contributed by atoms with Crippen molar-refractivity contribution >= 4 is 28.5 Å². The summed E-state index contributed by atoms with van der Waals surface area (Å²) in [6, 6.07) is 11.6. The van der Waals surface area contributed by atoms with Gasteiger partial charge in [0.1, 0.15) is 0 Å². The van der Waals surface area contributed by atoms with Crippen molar-refractivity contribution in [3.05, 3.63) is 45.7 Å². The summed E-state index contributed by atoms with van der Waals surface area (Å²) >= 11 is 2.35. The molecular weight excluding hydrogens is 397 g/mol. The van der Waals surface area contributed by atoms with Gasteiger partial charge in [-0.3, -0.25) is 0 Å². The molecule has 1 aromatic rings. The summed E-state index contributed by atoms with van der Waals surface area (Å²) in [6.07, 6.45) is 9.24. The lowest BCUT2D eigenvalue weighted by Gasteiger charge is -2.31. The van der Waals surface area contributed by atoms with Crippen LogP contribution in [-0.2, 0) is 10.3 Å². The summed E-state index contributed by atoms with van der Waals surface area (Å²) in [5.41, 5.74) is 1.20. The zero-order valence-corrected chi connectivity index (χ0v) is 16.0. The Hall–Kier alpha value is -0.840. The fraction of sp³-hybridized carbons (Fsp3) is 0.550. The van der Waals surface area contributed by atoms with Gasteiger partial charge in [0, 0.05) is 29.4 Å². The predicted molar refractivity (Wildman–Crippen MR) is 102 cm³/mol. The first-order chi connectivity index (χ1) is 11.2. The largest absolute Gasteiger partial charge is 0.405 e. The molecular formula is C20H25INO+. The smallest absolute Gasteiger partial charge is 0.346 e. The second-order valence-corrected chi connectivity index (χ2v) is 7.91. The van der Waals surface area contributed by atoms with Gasteiger partial charge in [-0.25, -0.2) is 0 Å². The van der Waals surface area contributed by atoms with E-state index >= 15 is 0 Å². The number of hydrogen-bond acceptors (Lipinski definition) is 1. The van der Waals surface area contributed by atoms with E-state index in [0.29, 0.717) is 12.0 Å². The molecule has 2 nitrogen and oxygen atoms in total. The molecule has 2 saturated carbocycles. The number of halogens is 1. The first-order valence-corrected chi connectivity index (χ1v) is 10.2. The number of hydrogen-bond donors (Lipinski definition) is 0. The zero-order chi connectivity index (χ0) is 15.9. The minimum Gasteiger partial charge on any atom is -0.405 e. The van der Waals surface area contributed by atoms with E-state index in [1.165, 1.54) is 56.4 Å². The van der Waals surface area contributed by atoms with Crippen LogP contribution in [0, 0.1) is 5.92 Å². The lowest BCUT2D eigenvalue weighted by atomic mass is 9.84. The molecule has 0 aromatic heterocycles. The molecule has 2 fully saturated rings. The van der Waals surface area contributed by atoms with Gasteiger partial charge < -0.3 is 4.74 Å². The van der Waals surface area contributed by atoms with E-state index in [-0.39, 0.29) is 5.54 Å². The third-order valence-electron chi connectivity index (χ3n) is 5.99. The molecule has 0 bridgehead atoms. The number of benzene rings is 1. The van der Waals surface area contributed by atoms with Crippen molar-refractivity contribution in [1.82, 2.24) is 0 Å². The average Bonchev–Trinajstić information content (AvgIpc) is 3.15. The van der Waals surface area contributed by atoms with Crippen LogP contribution in [0.5, 0.6) is 0 Å². The van der Waals surface area contributed by atoms with Crippen molar-refractivity contribution in [2.45, 2.75) is 63.5 Å². The van der Waals surface area contributed by atoms with Gasteiger partial charge in [-0.15, -0.1) is 0 Å². The Kier molecular flexibility index (Phi) is 4.24. The van der Waals surface area contributed by atoms with E-state index in [2.05, 4.69) is 68.5 Å². The standard InChI is InChI=1S/C20H25INO/c1-20(16-10-3-2-4-11-16)18(14-21)23-19(15-8-5-6-9-15)22(20)17-12-7-13-17/h2-4,10-11,14-15,17H,5-9,12-13H2,1H3/q+1. The zero-order valence-electron chi connectivity index (χ0n) is 13.8. The van der Waals surface area contributed by atoms with E-state index < -0.39 is 0 Å². The summed E-state index contributed by atoms with van der Waals surface area (Å²) < 4.78 is 11.3. The summed E-state index contributed by atoms with van der Waals surface area (Å²) in [4.78, 5) is 0. The highest BCUT2D eigenvalue weighted by Crippen LogP contribution is 2.46. The fourth-order valence-electron chi connectivity index (χ4n) is 4.42. The molecule has 0 spiro atoms. The Labute approximate surface area is 152 Å². The summed E-state index contributed by atoms with van der Waals surface area (Å²) in [5.74, 6) is 2.99. The topological polar surface area (TPSA) is 12.2 Å². The van der Waals surface area contributed by atoms with E-state index in [1.54, 1.807) is 0 Å². The third-order valence-corrected chi connectivity index (χ3v) is 6.56. The highest BCUT2D eigenvalue weighted by Gasteiger charge is 2.57. The van der Waals surface area contributed by atoms with Crippen LogP contribution in [0.3, 0.4) is 0 Å². The van der Waals surface area contributed by atoms with Gasteiger partial charge in [0.2, 0.25) is 5.54 Å². The monoisotopic (exact) mass is 422 g/mol. The molecule has 0 N–H and O–H groups in total. The minimum atomic E-state index is -0.147. The van der Waals surface area contributed by atoms with E-state index in [9.17, 15) is 0 Å². The second-order valence-electron chi connectivity index (χ2n) is 7.29.